The molecule has 2 atom stereocenters. The van der Waals surface area contributed by atoms with Gasteiger partial charge in [0.05, 0.1) is 41.5 Å². The molecule has 3 amide bonds. The first-order chi connectivity index (χ1) is 15.7. The Kier molecular flexibility index (Phi) is 5.71. The normalized spacial score (nSPS) is 20.4. The number of carbonyl (C=O) groups excluding carboxylic acids is 2. The lowest BCUT2D eigenvalue weighted by molar-refractivity contribution is -0.137. The number of nitrogens with zero attached hydrogens (tertiary/aromatic N) is 3. The Morgan fingerprint density at radius 3 is 2.45 bits per heavy atom. The molecule has 2 saturated heterocycles. The summed E-state index contributed by atoms with van der Waals surface area (Å²) in [6.07, 6.45) is -4.43. The minimum absolute atomic E-state index is 0.0202. The van der Waals surface area contributed by atoms with Gasteiger partial charge >= 0.3 is 12.2 Å². The fourth-order valence-electron chi connectivity index (χ4n) is 4.25. The van der Waals surface area contributed by atoms with Crippen molar-refractivity contribution in [1.29, 1.82) is 5.26 Å². The molecule has 172 valence electrons. The van der Waals surface area contributed by atoms with Crippen molar-refractivity contribution < 1.29 is 31.9 Å². The third-order valence-electron chi connectivity index (χ3n) is 5.78. The van der Waals surface area contributed by atoms with Crippen molar-refractivity contribution in [2.75, 3.05) is 30.1 Å². The first-order valence-electron chi connectivity index (χ1n) is 10.0. The van der Waals surface area contributed by atoms with Gasteiger partial charge < -0.3 is 10.1 Å². The number of anilines is 2. The van der Waals surface area contributed by atoms with Crippen molar-refractivity contribution in [2.45, 2.75) is 24.7 Å². The second kappa shape index (κ2) is 8.37. The van der Waals surface area contributed by atoms with E-state index in [2.05, 4.69) is 5.32 Å². The van der Waals surface area contributed by atoms with Gasteiger partial charge in [-0.2, -0.15) is 18.4 Å². The van der Waals surface area contributed by atoms with Crippen LogP contribution in [0, 0.1) is 17.1 Å². The molecule has 1 N–H and O–H groups in total. The zero-order valence-electron chi connectivity index (χ0n) is 17.3. The highest BCUT2D eigenvalue weighted by atomic mass is 19.4. The van der Waals surface area contributed by atoms with Crippen molar-refractivity contribution in [3.63, 3.8) is 0 Å². The van der Waals surface area contributed by atoms with Crippen LogP contribution >= 0.6 is 0 Å². The van der Waals surface area contributed by atoms with Gasteiger partial charge in [0.2, 0.25) is 0 Å². The Labute approximate surface area is 186 Å². The molecule has 2 aliphatic heterocycles. The van der Waals surface area contributed by atoms with E-state index >= 15 is 0 Å². The molecule has 4 rings (SSSR count). The van der Waals surface area contributed by atoms with Crippen LogP contribution in [0.25, 0.3) is 0 Å². The summed E-state index contributed by atoms with van der Waals surface area (Å²) in [7, 11) is 1.36. The van der Waals surface area contributed by atoms with E-state index in [1.54, 1.807) is 0 Å². The average Bonchev–Trinajstić information content (AvgIpc) is 3.09. The number of amides is 3. The lowest BCUT2D eigenvalue weighted by Crippen LogP contribution is -2.45. The zero-order chi connectivity index (χ0) is 23.9. The fourth-order valence-corrected chi connectivity index (χ4v) is 4.25. The van der Waals surface area contributed by atoms with Gasteiger partial charge in [-0.1, -0.05) is 0 Å². The highest BCUT2D eigenvalue weighted by Gasteiger charge is 2.49. The lowest BCUT2D eigenvalue weighted by atomic mass is 10.0. The predicted octanol–water partition coefficient (Wildman–Crippen LogP) is 3.68. The summed E-state index contributed by atoms with van der Waals surface area (Å²) in [6.45, 7) is 0.402. The van der Waals surface area contributed by atoms with Gasteiger partial charge in [-0.15, -0.1) is 0 Å². The van der Waals surface area contributed by atoms with E-state index in [0.29, 0.717) is 13.0 Å². The minimum Gasteiger partial charge on any atom is -0.379 e. The van der Waals surface area contributed by atoms with E-state index in [-0.39, 0.29) is 23.5 Å². The molecule has 2 aromatic rings. The van der Waals surface area contributed by atoms with Crippen LogP contribution in [0.2, 0.25) is 0 Å². The summed E-state index contributed by atoms with van der Waals surface area (Å²) >= 11 is 0. The number of halogens is 4. The molecule has 0 radical (unpaired) electrons. The number of hydrogen-bond acceptors (Lipinski definition) is 4. The summed E-state index contributed by atoms with van der Waals surface area (Å²) < 4.78 is 60.5. The third-order valence-corrected chi connectivity index (χ3v) is 5.78. The quantitative estimate of drug-likeness (QED) is 0.706. The van der Waals surface area contributed by atoms with Crippen molar-refractivity contribution in [3.05, 3.63) is 58.9 Å². The number of nitrogens with one attached hydrogen (secondary N) is 1. The minimum atomic E-state index is -4.78. The third kappa shape index (κ3) is 3.87. The van der Waals surface area contributed by atoms with Crippen molar-refractivity contribution >= 4 is 23.3 Å². The van der Waals surface area contributed by atoms with Gasteiger partial charge in [-0.25, -0.2) is 9.18 Å². The molecule has 0 saturated carbocycles. The summed E-state index contributed by atoms with van der Waals surface area (Å²) in [4.78, 5) is 27.7. The highest BCUT2D eigenvalue weighted by molar-refractivity contribution is 6.08. The molecule has 7 nitrogen and oxygen atoms in total. The van der Waals surface area contributed by atoms with Crippen molar-refractivity contribution in [3.8, 4) is 6.07 Å². The fraction of sp³-hybridized carbons (Fsp3) is 0.318. The molecule has 11 heteroatoms. The first-order valence-corrected chi connectivity index (χ1v) is 10.0. The molecule has 0 unspecified atom stereocenters. The molecule has 2 fully saturated rings. The van der Waals surface area contributed by atoms with E-state index in [1.807, 2.05) is 0 Å². The van der Waals surface area contributed by atoms with E-state index in [9.17, 15) is 27.2 Å². The lowest BCUT2D eigenvalue weighted by Gasteiger charge is -2.32. The average molecular weight is 462 g/mol. The van der Waals surface area contributed by atoms with Crippen LogP contribution in [0.3, 0.4) is 0 Å². The number of nitriles is 1. The van der Waals surface area contributed by atoms with Crippen LogP contribution in [0.4, 0.5) is 33.7 Å². The van der Waals surface area contributed by atoms with Crippen LogP contribution in [0.5, 0.6) is 0 Å². The second-order valence-electron chi connectivity index (χ2n) is 7.60. The summed E-state index contributed by atoms with van der Waals surface area (Å²) in [5, 5.41) is 11.4. The Balaban J connectivity index is 1.77. The monoisotopic (exact) mass is 462 g/mol. The summed E-state index contributed by atoms with van der Waals surface area (Å²) in [5.74, 6) is -1.48. The molecule has 0 aliphatic carbocycles. The number of alkyl halides is 3. The number of ether oxygens (including phenoxy) is 1. The van der Waals surface area contributed by atoms with Gasteiger partial charge in [-0.05, 0) is 42.8 Å². The van der Waals surface area contributed by atoms with Crippen LogP contribution in [0.1, 0.15) is 27.9 Å². The topological polar surface area (TPSA) is 85.7 Å². The van der Waals surface area contributed by atoms with Crippen LogP contribution < -0.4 is 15.1 Å². The van der Waals surface area contributed by atoms with Crippen LogP contribution in [-0.2, 0) is 10.9 Å². The Bertz CT molecular complexity index is 1160. The molecular weight excluding hydrogens is 444 g/mol. The Morgan fingerprint density at radius 1 is 1.15 bits per heavy atom. The van der Waals surface area contributed by atoms with Gasteiger partial charge in [0.1, 0.15) is 5.82 Å². The highest BCUT2D eigenvalue weighted by Crippen LogP contribution is 2.40. The summed E-state index contributed by atoms with van der Waals surface area (Å²) in [5.41, 5.74) is -1.77. The maximum atomic E-state index is 14.6. The second-order valence-corrected chi connectivity index (χ2v) is 7.60. The molecule has 0 bridgehead atoms. The van der Waals surface area contributed by atoms with Crippen LogP contribution in [-0.4, -0.2) is 44.3 Å². The van der Waals surface area contributed by atoms with E-state index in [1.165, 1.54) is 41.1 Å². The summed E-state index contributed by atoms with van der Waals surface area (Å²) in [6, 6.07) is 6.54. The first kappa shape index (κ1) is 22.5. The number of carbonyl (C=O) groups is 2. The van der Waals surface area contributed by atoms with E-state index in [4.69, 9.17) is 10.00 Å². The largest absolute Gasteiger partial charge is 0.417 e. The maximum absolute atomic E-state index is 14.6. The Hall–Kier alpha value is -3.65. The van der Waals surface area contributed by atoms with E-state index < -0.39 is 47.1 Å². The number of urea groups is 1. The van der Waals surface area contributed by atoms with E-state index in [0.717, 1.165) is 18.2 Å². The van der Waals surface area contributed by atoms with Gasteiger partial charge in [0.15, 0.2) is 0 Å². The maximum Gasteiger partial charge on any atom is 0.417 e. The smallest absolute Gasteiger partial charge is 0.379 e. The standard InChI is InChI=1S/C22H18F4N4O3/c1-28-20(31)15-5-4-14(9-17(15)23)30-19-11-33-7-6-18(19)29(21(30)32)13-3-2-12(10-27)16(8-13)22(24,25)26/h2-5,8-9,18-19H,6-7,11H2,1H3,(H,28,31)/t18-,19-/m1/s1. The molecule has 0 spiro atoms. The zero-order valence-corrected chi connectivity index (χ0v) is 17.3. The number of benzene rings is 2. The Morgan fingerprint density at radius 2 is 1.82 bits per heavy atom. The van der Waals surface area contributed by atoms with Crippen molar-refractivity contribution in [2.24, 2.45) is 0 Å². The van der Waals surface area contributed by atoms with Crippen LogP contribution in [0.15, 0.2) is 36.4 Å². The number of fused-ring (bicyclic) bond motifs is 1. The molecular formula is C22H18F4N4O3. The van der Waals surface area contributed by atoms with Gasteiger partial charge in [-0.3, -0.25) is 14.6 Å². The van der Waals surface area contributed by atoms with Crippen molar-refractivity contribution in [1.82, 2.24) is 5.32 Å². The number of hydrogen-bond donors (Lipinski definition) is 1. The molecule has 33 heavy (non-hydrogen) atoms. The van der Waals surface area contributed by atoms with Gasteiger partial charge in [0, 0.05) is 25.0 Å². The predicted molar refractivity (Wildman–Crippen MR) is 109 cm³/mol. The molecule has 0 aromatic heterocycles. The van der Waals surface area contributed by atoms with Gasteiger partial charge in [0.25, 0.3) is 5.91 Å². The number of rotatable bonds is 3. The SMILES string of the molecule is CNC(=O)c1ccc(N2C(=O)N(c3ccc(C#N)c(C(F)(F)F)c3)[C@@H]3CCOC[C@H]32)cc1F. The molecule has 2 aliphatic rings. The molecule has 2 heterocycles. The molecule has 2 aromatic carbocycles.